The molecule has 0 aromatic carbocycles. The molecule has 0 unspecified atom stereocenters. The summed E-state index contributed by atoms with van der Waals surface area (Å²) in [7, 11) is -0.881. The van der Waals surface area contributed by atoms with Crippen molar-refractivity contribution in [2.45, 2.75) is 45.3 Å². The van der Waals surface area contributed by atoms with Crippen LogP contribution >= 0.6 is 0 Å². The Morgan fingerprint density at radius 2 is 1.20 bits per heavy atom. The van der Waals surface area contributed by atoms with E-state index in [9.17, 15) is 0 Å². The number of hydrogen-bond donors (Lipinski definition) is 0. The summed E-state index contributed by atoms with van der Waals surface area (Å²) < 4.78 is 0. The Bertz CT molecular complexity index is 78.4. The molecule has 0 spiro atoms. The van der Waals surface area contributed by atoms with Crippen molar-refractivity contribution in [3.05, 3.63) is 27.5 Å². The summed E-state index contributed by atoms with van der Waals surface area (Å²) in [5, 5.41) is 0. The summed E-state index contributed by atoms with van der Waals surface area (Å²) in [6.45, 7) is 24.7. The van der Waals surface area contributed by atoms with Crippen molar-refractivity contribution < 1.29 is 42.1 Å². The summed E-state index contributed by atoms with van der Waals surface area (Å²) in [4.78, 5) is 0. The van der Waals surface area contributed by atoms with Gasteiger partial charge in [0.1, 0.15) is 0 Å². The molecule has 0 aliphatic carbocycles. The fourth-order valence-electron chi connectivity index (χ4n) is 0. The third kappa shape index (κ3) is 138. The van der Waals surface area contributed by atoms with E-state index in [-0.39, 0.29) is 58.4 Å². The van der Waals surface area contributed by atoms with Crippen molar-refractivity contribution in [2.75, 3.05) is 0 Å². The largest absolute Gasteiger partial charge is 2.00 e. The standard InChI is InChI=1S/C5H13Si.C3H10Si.C2H3.CH3.2W/c1-5-6(2,3)4;1-4(2)3;1-2;;;/h1,5H2,2-4H3;4H,1-3H3;1H,2H2;1H3;;/q-1;;2*-1;;+2. The van der Waals surface area contributed by atoms with Gasteiger partial charge in [-0.25, -0.2) is 0 Å². The molecule has 0 fully saturated rings. The molecule has 0 saturated carbocycles. The number of hydrogen-bond acceptors (Lipinski definition) is 0. The van der Waals surface area contributed by atoms with Crippen LogP contribution in [0.3, 0.4) is 0 Å². The van der Waals surface area contributed by atoms with Gasteiger partial charge in [-0.1, -0.05) is 39.3 Å². The minimum absolute atomic E-state index is 0. The fourth-order valence-corrected chi connectivity index (χ4v) is 0. The van der Waals surface area contributed by atoms with Gasteiger partial charge in [0.15, 0.2) is 0 Å². The van der Waals surface area contributed by atoms with Crippen LogP contribution < -0.4 is 0 Å². The molecule has 0 amide bonds. The van der Waals surface area contributed by atoms with Crippen LogP contribution in [0.15, 0.2) is 6.58 Å². The minimum atomic E-state index is -0.742. The molecule has 0 N–H and O–H groups in total. The van der Waals surface area contributed by atoms with Crippen molar-refractivity contribution in [3.8, 4) is 0 Å². The smallest absolute Gasteiger partial charge is 0.521 e. The predicted octanol–water partition coefficient (Wildman–Crippen LogP) is 4.31. The molecule has 0 saturated heterocycles. The van der Waals surface area contributed by atoms with E-state index in [4.69, 9.17) is 0 Å². The van der Waals surface area contributed by atoms with E-state index < -0.39 is 8.07 Å². The molecule has 0 aromatic heterocycles. The molecule has 4 heteroatoms. The predicted molar refractivity (Wildman–Crippen MR) is 74.6 cm³/mol. The van der Waals surface area contributed by atoms with Gasteiger partial charge in [-0.15, -0.1) is 0 Å². The number of rotatable bonds is 1. The van der Waals surface area contributed by atoms with Gasteiger partial charge >= 0.3 is 21.1 Å². The normalized spacial score (nSPS) is 7.47. The van der Waals surface area contributed by atoms with Gasteiger partial charge in [0.05, 0.1) is 0 Å². The van der Waals surface area contributed by atoms with Crippen LogP contribution in [0.2, 0.25) is 45.3 Å². The van der Waals surface area contributed by atoms with Gasteiger partial charge in [0, 0.05) is 37.9 Å². The molecule has 0 rings (SSSR count). The van der Waals surface area contributed by atoms with Crippen LogP contribution in [-0.2, 0) is 42.1 Å². The van der Waals surface area contributed by atoms with E-state index in [0.29, 0.717) is 0 Å². The maximum atomic E-state index is 4.25. The quantitative estimate of drug-likeness (QED) is 0.318. The third-order valence-electron chi connectivity index (χ3n) is 0.750. The summed E-state index contributed by atoms with van der Waals surface area (Å²) in [6, 6.07) is 1.16. The van der Waals surface area contributed by atoms with Crippen molar-refractivity contribution >= 4 is 16.9 Å². The zero-order valence-corrected chi connectivity index (χ0v) is 19.6. The molecule has 0 aliphatic heterocycles. The van der Waals surface area contributed by atoms with E-state index in [1.54, 1.807) is 0 Å². The second kappa shape index (κ2) is 24.7. The van der Waals surface area contributed by atoms with Crippen molar-refractivity contribution in [1.82, 2.24) is 0 Å². The molecule has 94 valence electrons. The van der Waals surface area contributed by atoms with Crippen LogP contribution in [0.5, 0.6) is 0 Å². The maximum Gasteiger partial charge on any atom is 2.00 e. The van der Waals surface area contributed by atoms with E-state index in [2.05, 4.69) is 59.4 Å². The second-order valence-corrected chi connectivity index (χ2v) is 13.6. The average molecular weight is 585 g/mol. The molecule has 15 heavy (non-hydrogen) atoms. The summed E-state index contributed by atoms with van der Waals surface area (Å²) in [5.41, 5.74) is 0. The van der Waals surface area contributed by atoms with E-state index >= 15 is 0 Å². The third-order valence-corrected chi connectivity index (χ3v) is 2.25. The first-order chi connectivity index (χ1) is 5.29. The van der Waals surface area contributed by atoms with Crippen LogP contribution in [0.1, 0.15) is 0 Å². The van der Waals surface area contributed by atoms with E-state index in [1.165, 1.54) is 0 Å². The molecule has 0 nitrogen and oxygen atoms in total. The van der Waals surface area contributed by atoms with Gasteiger partial charge < -0.3 is 20.9 Å². The Kier molecular flexibility index (Phi) is 59.2. The molecule has 0 atom stereocenters. The fraction of sp³-hybridized carbons (Fsp3) is 0.636. The Labute approximate surface area is 131 Å². The van der Waals surface area contributed by atoms with Gasteiger partial charge in [-0.05, 0) is 0 Å². The molecule has 0 bridgehead atoms. The molecule has 0 aromatic rings. The Hall–Kier alpha value is 1.55. The Morgan fingerprint density at radius 1 is 1.13 bits per heavy atom. The van der Waals surface area contributed by atoms with Gasteiger partial charge in [0.25, 0.3) is 0 Å². The van der Waals surface area contributed by atoms with Crippen LogP contribution in [0.4, 0.5) is 0 Å². The summed E-state index contributed by atoms with van der Waals surface area (Å²) >= 11 is 0. The monoisotopic (exact) mass is 585 g/mol. The van der Waals surface area contributed by atoms with E-state index in [1.807, 2.05) is 0 Å². The first-order valence-electron chi connectivity index (χ1n) is 4.49. The minimum Gasteiger partial charge on any atom is -0.521 e. The van der Waals surface area contributed by atoms with Gasteiger partial charge in [-0.2, -0.15) is 6.04 Å². The molecular formula is C11H29Si2W2-. The first kappa shape index (κ1) is 36.0. The summed E-state index contributed by atoms with van der Waals surface area (Å²) in [6.07, 6.45) is 0. The zero-order chi connectivity index (χ0) is 10.8. The van der Waals surface area contributed by atoms with Crippen molar-refractivity contribution in [3.63, 3.8) is 0 Å². The van der Waals surface area contributed by atoms with Gasteiger partial charge in [-0.3, -0.25) is 6.58 Å². The molecule has 0 aliphatic rings. The zero-order valence-electron chi connectivity index (χ0n) is 11.6. The van der Waals surface area contributed by atoms with Crippen LogP contribution in [0, 0.1) is 20.9 Å². The first-order valence-corrected chi connectivity index (χ1v) is 11.7. The van der Waals surface area contributed by atoms with Crippen molar-refractivity contribution in [2.24, 2.45) is 0 Å². The Balaban J connectivity index is -0.0000000204. The van der Waals surface area contributed by atoms with Crippen molar-refractivity contribution in [1.29, 1.82) is 0 Å². The molecule has 0 radical (unpaired) electrons. The maximum absolute atomic E-state index is 4.25. The van der Waals surface area contributed by atoms with Crippen LogP contribution in [0.25, 0.3) is 0 Å². The van der Waals surface area contributed by atoms with E-state index in [0.717, 1.165) is 6.04 Å². The second-order valence-electron chi connectivity index (χ2n) is 4.54. The Morgan fingerprint density at radius 3 is 1.20 bits per heavy atom. The average Bonchev–Trinajstić information content (AvgIpc) is 1.90. The van der Waals surface area contributed by atoms with Gasteiger partial charge in [0.2, 0.25) is 0 Å². The molecule has 0 heterocycles. The summed E-state index contributed by atoms with van der Waals surface area (Å²) in [5.74, 6) is 0. The van der Waals surface area contributed by atoms with Crippen LogP contribution in [-0.4, -0.2) is 16.9 Å². The topological polar surface area (TPSA) is 0 Å². The molecular weight excluding hydrogens is 556 g/mol. The SMILES string of the molecule is C[SiH](C)C.[CH-]=C.[CH2-]C[Si](C)(C)C.[CH3-].[W+2].[W].